The van der Waals surface area contributed by atoms with E-state index in [0.29, 0.717) is 47.0 Å². The molecule has 1 aliphatic heterocycles. The van der Waals surface area contributed by atoms with Gasteiger partial charge in [-0.25, -0.2) is 4.98 Å². The zero-order chi connectivity index (χ0) is 26.5. The summed E-state index contributed by atoms with van der Waals surface area (Å²) < 4.78 is 14.9. The summed E-state index contributed by atoms with van der Waals surface area (Å²) in [5, 5.41) is 1.32. The smallest absolute Gasteiger partial charge is 0.263 e. The number of ketones is 1. The third-order valence-corrected chi connectivity index (χ3v) is 7.48. The second kappa shape index (κ2) is 13.3. The molecule has 0 spiro atoms. The van der Waals surface area contributed by atoms with Crippen molar-refractivity contribution in [3.05, 3.63) is 87.8 Å². The van der Waals surface area contributed by atoms with E-state index < -0.39 is 0 Å². The first-order valence-electron chi connectivity index (χ1n) is 12.9. The van der Waals surface area contributed by atoms with Crippen LogP contribution in [0.15, 0.2) is 70.7 Å². The standard InChI is InChI=1S/C29H32N4O4S.ClH/c1-3-33-28(35)25-12-13-32(27(25)30-29(33)38-2)20-21-4-6-22(7-5-21)26(34)23-8-10-24(11-9-23)37-19-16-31-14-17-36-18-15-31;/h4-13H,3,14-20H2,1-2H3;1H. The van der Waals surface area contributed by atoms with Crippen LogP contribution in [0.2, 0.25) is 0 Å². The molecule has 0 atom stereocenters. The summed E-state index contributed by atoms with van der Waals surface area (Å²) in [6, 6.07) is 16.7. The van der Waals surface area contributed by atoms with Crippen LogP contribution in [0.3, 0.4) is 0 Å². The number of carbonyl (C=O) groups is 1. The SMILES string of the molecule is CCn1c(SC)nc2c(ccn2Cc2ccc(C(=O)c3ccc(OCCN4CCOCC4)cc3)cc2)c1=O.Cl. The molecule has 5 rings (SSSR count). The number of nitrogens with zero attached hydrogens (tertiary/aromatic N) is 4. The minimum Gasteiger partial charge on any atom is -0.492 e. The lowest BCUT2D eigenvalue weighted by Crippen LogP contribution is -2.38. The number of rotatable bonds is 10. The molecule has 0 saturated carbocycles. The number of morpholine rings is 1. The molecule has 0 unspecified atom stereocenters. The van der Waals surface area contributed by atoms with Crippen molar-refractivity contribution >= 4 is 41.0 Å². The predicted molar refractivity (Wildman–Crippen MR) is 157 cm³/mol. The van der Waals surface area contributed by atoms with E-state index in [1.807, 2.05) is 78.5 Å². The number of hydrogen-bond acceptors (Lipinski definition) is 7. The van der Waals surface area contributed by atoms with Crippen molar-refractivity contribution in [1.82, 2.24) is 19.0 Å². The first-order valence-corrected chi connectivity index (χ1v) is 14.1. The second-order valence-corrected chi connectivity index (χ2v) is 9.96. The molecule has 4 aromatic rings. The van der Waals surface area contributed by atoms with E-state index in [9.17, 15) is 9.59 Å². The van der Waals surface area contributed by atoms with Crippen LogP contribution in [-0.4, -0.2) is 70.5 Å². The third-order valence-electron chi connectivity index (χ3n) is 6.81. The van der Waals surface area contributed by atoms with Crippen molar-refractivity contribution < 1.29 is 14.3 Å². The van der Waals surface area contributed by atoms with Crippen molar-refractivity contribution in [2.45, 2.75) is 25.2 Å². The van der Waals surface area contributed by atoms with Crippen LogP contribution in [0.25, 0.3) is 11.0 Å². The number of halogens is 1. The fourth-order valence-corrected chi connectivity index (χ4v) is 5.26. The maximum absolute atomic E-state index is 13.0. The van der Waals surface area contributed by atoms with Crippen LogP contribution in [0.5, 0.6) is 5.75 Å². The fourth-order valence-electron chi connectivity index (χ4n) is 4.65. The van der Waals surface area contributed by atoms with E-state index in [4.69, 9.17) is 14.5 Å². The zero-order valence-corrected chi connectivity index (χ0v) is 23.8. The number of carbonyl (C=O) groups excluding carboxylic acids is 1. The molecule has 3 heterocycles. The van der Waals surface area contributed by atoms with E-state index in [-0.39, 0.29) is 23.7 Å². The molecule has 39 heavy (non-hydrogen) atoms. The Hall–Kier alpha value is -3.11. The van der Waals surface area contributed by atoms with Gasteiger partial charge in [0.2, 0.25) is 0 Å². The summed E-state index contributed by atoms with van der Waals surface area (Å²) in [6.45, 7) is 7.99. The number of hydrogen-bond donors (Lipinski definition) is 0. The average Bonchev–Trinajstić information content (AvgIpc) is 3.36. The number of aromatic nitrogens is 3. The Morgan fingerprint density at radius 3 is 2.33 bits per heavy atom. The number of fused-ring (bicyclic) bond motifs is 1. The van der Waals surface area contributed by atoms with Crippen LogP contribution in [0.1, 0.15) is 28.4 Å². The zero-order valence-electron chi connectivity index (χ0n) is 22.2. The van der Waals surface area contributed by atoms with Gasteiger partial charge in [-0.15, -0.1) is 12.4 Å². The first-order chi connectivity index (χ1) is 18.6. The molecule has 0 bridgehead atoms. The summed E-state index contributed by atoms with van der Waals surface area (Å²) in [5.41, 5.74) is 2.93. The Kier molecular flexibility index (Phi) is 9.85. The molecule has 0 amide bonds. The van der Waals surface area contributed by atoms with Gasteiger partial charge in [0, 0.05) is 50.0 Å². The highest BCUT2D eigenvalue weighted by Gasteiger charge is 2.14. The van der Waals surface area contributed by atoms with E-state index in [1.165, 1.54) is 11.8 Å². The average molecular weight is 569 g/mol. The molecule has 1 aliphatic rings. The van der Waals surface area contributed by atoms with Crippen molar-refractivity contribution in [1.29, 1.82) is 0 Å². The third kappa shape index (κ3) is 6.55. The first kappa shape index (κ1) is 28.9. The lowest BCUT2D eigenvalue weighted by atomic mass is 10.0. The monoisotopic (exact) mass is 568 g/mol. The molecule has 1 fully saturated rings. The van der Waals surface area contributed by atoms with Crippen molar-refractivity contribution in [3.8, 4) is 5.75 Å². The number of benzene rings is 2. The molecule has 1 saturated heterocycles. The topological polar surface area (TPSA) is 78.6 Å². The Bertz CT molecular complexity index is 1460. The highest BCUT2D eigenvalue weighted by molar-refractivity contribution is 7.98. The van der Waals surface area contributed by atoms with Crippen molar-refractivity contribution in [2.24, 2.45) is 0 Å². The van der Waals surface area contributed by atoms with E-state index in [1.54, 1.807) is 4.57 Å². The van der Waals surface area contributed by atoms with Crippen LogP contribution in [0, 0.1) is 0 Å². The van der Waals surface area contributed by atoms with Gasteiger partial charge in [-0.1, -0.05) is 36.0 Å². The molecule has 2 aromatic carbocycles. The summed E-state index contributed by atoms with van der Waals surface area (Å²) in [5.74, 6) is 0.724. The van der Waals surface area contributed by atoms with Gasteiger partial charge in [-0.05, 0) is 49.1 Å². The highest BCUT2D eigenvalue weighted by atomic mass is 35.5. The van der Waals surface area contributed by atoms with E-state index in [0.717, 1.165) is 44.2 Å². The summed E-state index contributed by atoms with van der Waals surface area (Å²) in [4.78, 5) is 32.9. The molecule has 2 aromatic heterocycles. The van der Waals surface area contributed by atoms with Gasteiger partial charge in [0.15, 0.2) is 10.9 Å². The van der Waals surface area contributed by atoms with Crippen molar-refractivity contribution in [3.63, 3.8) is 0 Å². The number of thioether (sulfide) groups is 1. The van der Waals surface area contributed by atoms with Crippen LogP contribution in [-0.2, 0) is 17.8 Å². The molecule has 0 N–H and O–H groups in total. The summed E-state index contributed by atoms with van der Waals surface area (Å²) >= 11 is 1.47. The molecule has 10 heteroatoms. The Morgan fingerprint density at radius 1 is 1.03 bits per heavy atom. The molecule has 0 radical (unpaired) electrons. The molecule has 206 valence electrons. The van der Waals surface area contributed by atoms with Gasteiger partial charge in [0.25, 0.3) is 5.56 Å². The van der Waals surface area contributed by atoms with Gasteiger partial charge in [-0.2, -0.15) is 0 Å². The normalized spacial score (nSPS) is 13.8. The lowest BCUT2D eigenvalue weighted by molar-refractivity contribution is 0.0322. The van der Waals surface area contributed by atoms with Crippen LogP contribution >= 0.6 is 24.2 Å². The van der Waals surface area contributed by atoms with Gasteiger partial charge < -0.3 is 14.0 Å². The van der Waals surface area contributed by atoms with E-state index in [2.05, 4.69) is 4.90 Å². The maximum atomic E-state index is 13.0. The fraction of sp³-hybridized carbons (Fsp3) is 0.345. The van der Waals surface area contributed by atoms with Crippen molar-refractivity contribution in [2.75, 3.05) is 45.7 Å². The summed E-state index contributed by atoms with van der Waals surface area (Å²) in [7, 11) is 0. The maximum Gasteiger partial charge on any atom is 0.263 e. The Labute approximate surface area is 238 Å². The number of ether oxygens (including phenoxy) is 2. The summed E-state index contributed by atoms with van der Waals surface area (Å²) in [6.07, 6.45) is 3.82. The molecule has 8 nitrogen and oxygen atoms in total. The molecular weight excluding hydrogens is 536 g/mol. The van der Waals surface area contributed by atoms with Gasteiger partial charge >= 0.3 is 0 Å². The van der Waals surface area contributed by atoms with Crippen LogP contribution in [0.4, 0.5) is 0 Å². The minimum atomic E-state index is -0.0331. The molecular formula is C29H33ClN4O4S. The van der Waals surface area contributed by atoms with E-state index >= 15 is 0 Å². The molecule has 0 aliphatic carbocycles. The Morgan fingerprint density at radius 2 is 1.69 bits per heavy atom. The Balaban J connectivity index is 0.00000353. The lowest BCUT2D eigenvalue weighted by Gasteiger charge is -2.26. The second-order valence-electron chi connectivity index (χ2n) is 9.18. The van der Waals surface area contributed by atoms with Crippen LogP contribution < -0.4 is 10.3 Å². The van der Waals surface area contributed by atoms with Gasteiger partial charge in [0.05, 0.1) is 18.6 Å². The largest absolute Gasteiger partial charge is 0.492 e. The van der Waals surface area contributed by atoms with Gasteiger partial charge in [-0.3, -0.25) is 19.1 Å². The quantitative estimate of drug-likeness (QED) is 0.160. The predicted octanol–water partition coefficient (Wildman–Crippen LogP) is 4.35. The minimum absolute atomic E-state index is 0. The van der Waals surface area contributed by atoms with Gasteiger partial charge in [0.1, 0.15) is 18.0 Å². The highest BCUT2D eigenvalue weighted by Crippen LogP contribution is 2.19.